The summed E-state index contributed by atoms with van der Waals surface area (Å²) < 4.78 is 5.77. The zero-order chi connectivity index (χ0) is 15.6. The third-order valence-electron chi connectivity index (χ3n) is 4.38. The van der Waals surface area contributed by atoms with Gasteiger partial charge in [-0.25, -0.2) is 0 Å². The zero-order valence-corrected chi connectivity index (χ0v) is 14.5. The summed E-state index contributed by atoms with van der Waals surface area (Å²) in [6, 6.07) is 5.93. The van der Waals surface area contributed by atoms with Gasteiger partial charge in [-0.3, -0.25) is 4.79 Å². The summed E-state index contributed by atoms with van der Waals surface area (Å²) in [5, 5.41) is 3.90. The molecule has 5 heteroatoms. The van der Waals surface area contributed by atoms with E-state index in [2.05, 4.69) is 5.32 Å². The molecule has 0 bridgehead atoms. The Labute approximate surface area is 137 Å². The van der Waals surface area contributed by atoms with Crippen LogP contribution in [0, 0.1) is 13.8 Å². The first-order valence-corrected chi connectivity index (χ1v) is 7.47. The van der Waals surface area contributed by atoms with Gasteiger partial charge in [-0.1, -0.05) is 32.0 Å². The van der Waals surface area contributed by atoms with E-state index in [-0.39, 0.29) is 23.9 Å². The summed E-state index contributed by atoms with van der Waals surface area (Å²) in [6.45, 7) is 8.41. The van der Waals surface area contributed by atoms with Gasteiger partial charge in [0, 0.05) is 23.0 Å². The number of hydrogen-bond donors (Lipinski definition) is 2. The first-order chi connectivity index (χ1) is 9.91. The number of aryl methyl sites for hydroxylation is 2. The number of para-hydroxylation sites is 1. The summed E-state index contributed by atoms with van der Waals surface area (Å²) in [7, 11) is 0. The van der Waals surface area contributed by atoms with Crippen LogP contribution in [0.5, 0.6) is 0 Å². The highest BCUT2D eigenvalue weighted by Gasteiger charge is 2.24. The van der Waals surface area contributed by atoms with Crippen molar-refractivity contribution in [2.75, 3.05) is 6.54 Å². The van der Waals surface area contributed by atoms with Gasteiger partial charge in [0.2, 0.25) is 0 Å². The molecular weight excluding hydrogens is 300 g/mol. The first-order valence-electron chi connectivity index (χ1n) is 7.47. The smallest absolute Gasteiger partial charge is 0.287 e. The van der Waals surface area contributed by atoms with E-state index in [1.54, 1.807) is 0 Å². The highest BCUT2D eigenvalue weighted by molar-refractivity contribution is 5.99. The lowest BCUT2D eigenvalue weighted by Gasteiger charge is -2.26. The normalized spacial score (nSPS) is 11.3. The Morgan fingerprint density at radius 2 is 1.91 bits per heavy atom. The van der Waals surface area contributed by atoms with Gasteiger partial charge < -0.3 is 15.5 Å². The van der Waals surface area contributed by atoms with E-state index in [4.69, 9.17) is 10.2 Å². The van der Waals surface area contributed by atoms with Crippen molar-refractivity contribution in [1.82, 2.24) is 5.32 Å². The number of carbonyl (C=O) groups excluding carboxylic acids is 1. The van der Waals surface area contributed by atoms with Gasteiger partial charge in [-0.15, -0.1) is 12.4 Å². The van der Waals surface area contributed by atoms with Gasteiger partial charge >= 0.3 is 0 Å². The van der Waals surface area contributed by atoms with Crippen molar-refractivity contribution in [1.29, 1.82) is 0 Å². The summed E-state index contributed by atoms with van der Waals surface area (Å²) >= 11 is 0. The number of nitrogens with one attached hydrogen (secondary N) is 1. The van der Waals surface area contributed by atoms with Crippen molar-refractivity contribution in [2.45, 2.75) is 46.1 Å². The molecule has 2 aromatic rings. The van der Waals surface area contributed by atoms with E-state index in [1.165, 1.54) is 0 Å². The third kappa shape index (κ3) is 3.45. The molecule has 0 aliphatic carbocycles. The van der Waals surface area contributed by atoms with Crippen LogP contribution in [0.4, 0.5) is 0 Å². The van der Waals surface area contributed by atoms with Crippen molar-refractivity contribution in [3.05, 3.63) is 35.1 Å². The zero-order valence-electron chi connectivity index (χ0n) is 13.7. The molecular formula is C17H25ClN2O2. The van der Waals surface area contributed by atoms with Gasteiger partial charge in [0.1, 0.15) is 5.58 Å². The molecule has 2 rings (SSSR count). The second kappa shape index (κ2) is 7.16. The molecule has 0 aliphatic heterocycles. The monoisotopic (exact) mass is 324 g/mol. The van der Waals surface area contributed by atoms with E-state index in [1.807, 2.05) is 45.9 Å². The fraction of sp³-hybridized carbons (Fsp3) is 0.471. The number of hydrogen-bond acceptors (Lipinski definition) is 3. The molecule has 0 unspecified atom stereocenters. The van der Waals surface area contributed by atoms with Gasteiger partial charge in [0.15, 0.2) is 5.76 Å². The van der Waals surface area contributed by atoms with Crippen LogP contribution < -0.4 is 11.1 Å². The van der Waals surface area contributed by atoms with Crippen LogP contribution in [0.2, 0.25) is 0 Å². The van der Waals surface area contributed by atoms with Gasteiger partial charge in [0.05, 0.1) is 0 Å². The number of fused-ring (bicyclic) bond motifs is 1. The van der Waals surface area contributed by atoms with Crippen LogP contribution in [-0.2, 0) is 0 Å². The molecule has 0 spiro atoms. The average molecular weight is 325 g/mol. The maximum absolute atomic E-state index is 12.4. The minimum Gasteiger partial charge on any atom is -0.450 e. The molecule has 0 saturated carbocycles. The number of amides is 1. The summed E-state index contributed by atoms with van der Waals surface area (Å²) in [5.41, 5.74) is 8.55. The predicted octanol–water partition coefficient (Wildman–Crippen LogP) is 3.72. The fourth-order valence-electron chi connectivity index (χ4n) is 2.44. The Morgan fingerprint density at radius 3 is 2.45 bits per heavy atom. The molecule has 1 amide bonds. The van der Waals surface area contributed by atoms with E-state index in [9.17, 15) is 4.79 Å². The predicted molar refractivity (Wildman–Crippen MR) is 92.8 cm³/mol. The number of rotatable bonds is 5. The Kier molecular flexibility index (Phi) is 6.03. The van der Waals surface area contributed by atoms with E-state index in [0.717, 1.165) is 34.9 Å². The van der Waals surface area contributed by atoms with Crippen LogP contribution >= 0.6 is 12.4 Å². The Hall–Kier alpha value is -1.52. The van der Waals surface area contributed by atoms with Crippen LogP contribution in [0.3, 0.4) is 0 Å². The number of benzene rings is 1. The average Bonchev–Trinajstić information content (AvgIpc) is 2.83. The maximum Gasteiger partial charge on any atom is 0.287 e. The molecule has 1 aromatic carbocycles. The SMILES string of the molecule is CCC(N)(CC)CNC(=O)c1oc2c(C)cccc2c1C.Cl. The Bertz CT molecular complexity index is 660. The molecule has 0 radical (unpaired) electrons. The largest absolute Gasteiger partial charge is 0.450 e. The number of halogens is 1. The minimum absolute atomic E-state index is 0. The molecule has 22 heavy (non-hydrogen) atoms. The lowest BCUT2D eigenvalue weighted by Crippen LogP contribution is -2.49. The lowest BCUT2D eigenvalue weighted by molar-refractivity contribution is 0.0915. The van der Waals surface area contributed by atoms with Crippen LogP contribution in [0.1, 0.15) is 48.4 Å². The standard InChI is InChI=1S/C17H24N2O2.ClH/c1-5-17(18,6-2)10-19-16(20)15-12(4)13-9-7-8-11(3)14(13)21-15;/h7-9H,5-6,10,18H2,1-4H3,(H,19,20);1H. The fourth-order valence-corrected chi connectivity index (χ4v) is 2.44. The molecule has 3 N–H and O–H groups in total. The Balaban J connectivity index is 0.00000242. The highest BCUT2D eigenvalue weighted by Crippen LogP contribution is 2.27. The molecule has 0 saturated heterocycles. The molecule has 0 aliphatic rings. The molecule has 1 heterocycles. The second-order valence-electron chi connectivity index (χ2n) is 5.76. The topological polar surface area (TPSA) is 68.3 Å². The molecule has 0 atom stereocenters. The minimum atomic E-state index is -0.356. The first kappa shape index (κ1) is 18.5. The second-order valence-corrected chi connectivity index (χ2v) is 5.76. The van der Waals surface area contributed by atoms with Crippen LogP contribution in [-0.4, -0.2) is 18.0 Å². The van der Waals surface area contributed by atoms with Gasteiger partial charge in [0.25, 0.3) is 5.91 Å². The molecule has 0 fully saturated rings. The molecule has 1 aromatic heterocycles. The Morgan fingerprint density at radius 1 is 1.27 bits per heavy atom. The quantitative estimate of drug-likeness (QED) is 0.880. The number of carbonyl (C=O) groups is 1. The lowest BCUT2D eigenvalue weighted by atomic mass is 9.94. The summed E-state index contributed by atoms with van der Waals surface area (Å²) in [5.74, 6) is 0.189. The van der Waals surface area contributed by atoms with Crippen molar-refractivity contribution < 1.29 is 9.21 Å². The highest BCUT2D eigenvalue weighted by atomic mass is 35.5. The molecule has 122 valence electrons. The van der Waals surface area contributed by atoms with Crippen molar-refractivity contribution in [3.8, 4) is 0 Å². The number of furan rings is 1. The van der Waals surface area contributed by atoms with Crippen molar-refractivity contribution >= 4 is 29.3 Å². The van der Waals surface area contributed by atoms with Crippen LogP contribution in [0.15, 0.2) is 22.6 Å². The van der Waals surface area contributed by atoms with E-state index < -0.39 is 0 Å². The van der Waals surface area contributed by atoms with Crippen molar-refractivity contribution in [3.63, 3.8) is 0 Å². The van der Waals surface area contributed by atoms with E-state index >= 15 is 0 Å². The van der Waals surface area contributed by atoms with Crippen LogP contribution in [0.25, 0.3) is 11.0 Å². The van der Waals surface area contributed by atoms with Gasteiger partial charge in [-0.2, -0.15) is 0 Å². The molecule has 4 nitrogen and oxygen atoms in total. The maximum atomic E-state index is 12.4. The van der Waals surface area contributed by atoms with Crippen molar-refractivity contribution in [2.24, 2.45) is 5.73 Å². The summed E-state index contributed by atoms with van der Waals surface area (Å²) in [6.07, 6.45) is 1.64. The number of nitrogens with two attached hydrogens (primary N) is 1. The van der Waals surface area contributed by atoms with E-state index in [0.29, 0.717) is 12.3 Å². The summed E-state index contributed by atoms with van der Waals surface area (Å²) in [4.78, 5) is 12.4. The van der Waals surface area contributed by atoms with Gasteiger partial charge in [-0.05, 0) is 32.3 Å². The third-order valence-corrected chi connectivity index (χ3v) is 4.38.